The van der Waals surface area contributed by atoms with E-state index >= 15 is 0 Å². The van der Waals surface area contributed by atoms with Crippen molar-refractivity contribution in [1.29, 1.82) is 0 Å². The topological polar surface area (TPSA) is 17.1 Å². The molecule has 0 aliphatic heterocycles. The molecule has 0 spiro atoms. The van der Waals surface area contributed by atoms with Gasteiger partial charge in [0.1, 0.15) is 5.78 Å². The van der Waals surface area contributed by atoms with E-state index in [1.54, 1.807) is 18.7 Å². The van der Waals surface area contributed by atoms with Crippen molar-refractivity contribution >= 4 is 17.5 Å². The third kappa shape index (κ3) is 3.94. The fourth-order valence-electron chi connectivity index (χ4n) is 0.808. The molecule has 1 atom stereocenters. The van der Waals surface area contributed by atoms with E-state index in [4.69, 9.17) is 0 Å². The van der Waals surface area contributed by atoms with Crippen molar-refractivity contribution in [3.8, 4) is 0 Å². The average Bonchev–Trinajstić information content (AvgIpc) is 1.81. The van der Waals surface area contributed by atoms with E-state index in [0.29, 0.717) is 11.0 Å². The molecule has 1 unspecified atom stereocenters. The van der Waals surface area contributed by atoms with Gasteiger partial charge in [0.25, 0.3) is 0 Å². The Balaban J connectivity index is 3.72. The summed E-state index contributed by atoms with van der Waals surface area (Å²) in [5.41, 5.74) is 0. The molecule has 60 valence electrons. The van der Waals surface area contributed by atoms with Gasteiger partial charge >= 0.3 is 0 Å². The molecule has 0 saturated carbocycles. The van der Waals surface area contributed by atoms with Gasteiger partial charge in [-0.05, 0) is 18.6 Å². The Morgan fingerprint density at radius 3 is 2.10 bits per heavy atom. The number of hydrogen-bond acceptors (Lipinski definition) is 2. The molecule has 0 bridgehead atoms. The second kappa shape index (κ2) is 4.78. The molecule has 0 aromatic rings. The molecule has 0 aromatic heterocycles. The molecule has 0 aliphatic carbocycles. The van der Waals surface area contributed by atoms with Gasteiger partial charge in [-0.15, -0.1) is 11.8 Å². The zero-order valence-corrected chi connectivity index (χ0v) is 7.99. The lowest BCUT2D eigenvalue weighted by Crippen LogP contribution is -2.14. The van der Waals surface area contributed by atoms with Crippen LogP contribution in [0.2, 0.25) is 0 Å². The third-order valence-corrected chi connectivity index (χ3v) is 2.80. The minimum absolute atomic E-state index is 0.222. The minimum Gasteiger partial charge on any atom is -0.299 e. The van der Waals surface area contributed by atoms with Crippen LogP contribution in [-0.2, 0) is 4.79 Å². The zero-order chi connectivity index (χ0) is 8.15. The summed E-state index contributed by atoms with van der Waals surface area (Å²) in [5, 5.41) is 0.786. The van der Waals surface area contributed by atoms with Gasteiger partial charge in [-0.1, -0.05) is 20.8 Å². The summed E-state index contributed by atoms with van der Waals surface area (Å²) in [6.45, 7) is 7.97. The molecule has 0 rings (SSSR count). The Morgan fingerprint density at radius 1 is 1.50 bits per heavy atom. The normalized spacial score (nSPS) is 13.7. The van der Waals surface area contributed by atoms with E-state index in [0.717, 1.165) is 6.42 Å². The molecular weight excluding hydrogens is 144 g/mol. The average molecular weight is 160 g/mol. The molecule has 0 radical (unpaired) electrons. The van der Waals surface area contributed by atoms with Crippen LogP contribution in [-0.4, -0.2) is 16.3 Å². The van der Waals surface area contributed by atoms with Crippen molar-refractivity contribution in [3.05, 3.63) is 0 Å². The molecule has 1 nitrogen and oxygen atoms in total. The van der Waals surface area contributed by atoms with Crippen molar-refractivity contribution in [2.75, 3.05) is 0 Å². The van der Waals surface area contributed by atoms with Crippen molar-refractivity contribution < 1.29 is 4.79 Å². The highest BCUT2D eigenvalue weighted by Crippen LogP contribution is 2.20. The maximum absolute atomic E-state index is 10.9. The zero-order valence-electron chi connectivity index (χ0n) is 7.18. The third-order valence-electron chi connectivity index (χ3n) is 1.26. The van der Waals surface area contributed by atoms with Crippen LogP contribution >= 0.6 is 11.8 Å². The highest BCUT2D eigenvalue weighted by Gasteiger charge is 2.12. The molecule has 2 heteroatoms. The van der Waals surface area contributed by atoms with Crippen LogP contribution in [0.1, 0.15) is 34.1 Å². The first-order chi connectivity index (χ1) is 4.57. The van der Waals surface area contributed by atoms with Crippen LogP contribution < -0.4 is 0 Å². The fraction of sp³-hybridized carbons (Fsp3) is 0.875. The summed E-state index contributed by atoms with van der Waals surface area (Å²) < 4.78 is 0. The second-order valence-corrected chi connectivity index (χ2v) is 4.48. The summed E-state index contributed by atoms with van der Waals surface area (Å²) in [4.78, 5) is 10.9. The lowest BCUT2D eigenvalue weighted by Gasteiger charge is -2.12. The molecule has 0 N–H and O–H groups in total. The Bertz CT molecular complexity index is 110. The van der Waals surface area contributed by atoms with Crippen LogP contribution in [0, 0.1) is 0 Å². The molecule has 0 amide bonds. The Hall–Kier alpha value is 0.0200. The van der Waals surface area contributed by atoms with Crippen molar-refractivity contribution in [2.24, 2.45) is 0 Å². The van der Waals surface area contributed by atoms with Crippen molar-refractivity contribution in [2.45, 2.75) is 44.6 Å². The summed E-state index contributed by atoms with van der Waals surface area (Å²) in [5.74, 6) is 0.307. The largest absolute Gasteiger partial charge is 0.299 e. The number of Topliss-reactive ketones (excluding diaryl/α,β-unsaturated/α-hetero) is 1. The number of ketones is 1. The summed E-state index contributed by atoms with van der Waals surface area (Å²) in [7, 11) is 0. The van der Waals surface area contributed by atoms with Crippen LogP contribution in [0.3, 0.4) is 0 Å². The van der Waals surface area contributed by atoms with Crippen LogP contribution in [0.5, 0.6) is 0 Å². The summed E-state index contributed by atoms with van der Waals surface area (Å²) >= 11 is 1.76. The molecular formula is C8H16OS. The van der Waals surface area contributed by atoms with Gasteiger partial charge in [-0.2, -0.15) is 0 Å². The van der Waals surface area contributed by atoms with E-state index in [1.165, 1.54) is 0 Å². The predicted octanol–water partition coefficient (Wildman–Crippen LogP) is 2.50. The van der Waals surface area contributed by atoms with Gasteiger partial charge < -0.3 is 0 Å². The summed E-state index contributed by atoms with van der Waals surface area (Å²) in [6.07, 6.45) is 0.957. The second-order valence-electron chi connectivity index (χ2n) is 2.69. The number of thioether (sulfide) groups is 1. The van der Waals surface area contributed by atoms with Crippen molar-refractivity contribution in [3.63, 3.8) is 0 Å². The van der Waals surface area contributed by atoms with Crippen LogP contribution in [0.15, 0.2) is 0 Å². The predicted molar refractivity (Wildman–Crippen MR) is 47.5 cm³/mol. The maximum atomic E-state index is 10.9. The van der Waals surface area contributed by atoms with Gasteiger partial charge in [0, 0.05) is 0 Å². The number of carbonyl (C=O) groups excluding carboxylic acids is 1. The van der Waals surface area contributed by atoms with Gasteiger partial charge in [-0.25, -0.2) is 0 Å². The molecule has 0 aliphatic rings. The van der Waals surface area contributed by atoms with Gasteiger partial charge in [0.15, 0.2) is 0 Å². The first kappa shape index (κ1) is 10.0. The lowest BCUT2D eigenvalue weighted by molar-refractivity contribution is -0.116. The van der Waals surface area contributed by atoms with Gasteiger partial charge in [0.2, 0.25) is 0 Å². The Labute approximate surface area is 67.6 Å². The smallest absolute Gasteiger partial charge is 0.142 e. The minimum atomic E-state index is 0.222. The maximum Gasteiger partial charge on any atom is 0.142 e. The molecule has 0 fully saturated rings. The van der Waals surface area contributed by atoms with E-state index in [2.05, 4.69) is 20.8 Å². The standard InChI is InChI=1S/C8H16OS/c1-5-8(7(4)9)10-6(2)3/h6,8H,5H2,1-4H3. The number of carbonyl (C=O) groups is 1. The quantitative estimate of drug-likeness (QED) is 0.628. The SMILES string of the molecule is CCC(SC(C)C)C(C)=O. The highest BCUT2D eigenvalue weighted by molar-refractivity contribution is 8.01. The molecule has 10 heavy (non-hydrogen) atoms. The van der Waals surface area contributed by atoms with E-state index in [1.807, 2.05) is 0 Å². The highest BCUT2D eigenvalue weighted by atomic mass is 32.2. The number of rotatable bonds is 4. The first-order valence-electron chi connectivity index (χ1n) is 3.73. The van der Waals surface area contributed by atoms with Gasteiger partial charge in [-0.3, -0.25) is 4.79 Å². The molecule has 0 aromatic carbocycles. The lowest BCUT2D eigenvalue weighted by atomic mass is 10.2. The first-order valence-corrected chi connectivity index (χ1v) is 4.68. The summed E-state index contributed by atoms with van der Waals surface area (Å²) in [6, 6.07) is 0. The Kier molecular flexibility index (Phi) is 4.79. The van der Waals surface area contributed by atoms with E-state index in [-0.39, 0.29) is 5.25 Å². The van der Waals surface area contributed by atoms with E-state index < -0.39 is 0 Å². The van der Waals surface area contributed by atoms with Gasteiger partial charge in [0.05, 0.1) is 5.25 Å². The van der Waals surface area contributed by atoms with E-state index in [9.17, 15) is 4.79 Å². The monoisotopic (exact) mass is 160 g/mol. The molecule has 0 heterocycles. The fourth-order valence-corrected chi connectivity index (χ4v) is 1.85. The van der Waals surface area contributed by atoms with Crippen LogP contribution in [0.4, 0.5) is 0 Å². The van der Waals surface area contributed by atoms with Crippen LogP contribution in [0.25, 0.3) is 0 Å². The molecule has 0 saturated heterocycles. The number of hydrogen-bond donors (Lipinski definition) is 0. The Morgan fingerprint density at radius 2 is 2.00 bits per heavy atom. The van der Waals surface area contributed by atoms with Crippen molar-refractivity contribution in [1.82, 2.24) is 0 Å².